The van der Waals surface area contributed by atoms with Gasteiger partial charge in [-0.15, -0.1) is 0 Å². The van der Waals surface area contributed by atoms with Crippen LogP contribution >= 0.6 is 15.9 Å². The summed E-state index contributed by atoms with van der Waals surface area (Å²) in [5, 5.41) is 5.01. The number of aliphatic imine (C=N–C) groups is 1. The minimum atomic E-state index is -4.61. The molecule has 4 aromatic rings. The van der Waals surface area contributed by atoms with Crippen LogP contribution < -0.4 is 5.73 Å². The van der Waals surface area contributed by atoms with E-state index in [1.165, 1.54) is 6.07 Å². The first-order chi connectivity index (χ1) is 15.1. The third-order valence-corrected chi connectivity index (χ3v) is 5.58. The van der Waals surface area contributed by atoms with Crippen LogP contribution in [0, 0.1) is 13.8 Å². The Balaban J connectivity index is 1.82. The Kier molecular flexibility index (Phi) is 5.77. The van der Waals surface area contributed by atoms with E-state index >= 15 is 0 Å². The van der Waals surface area contributed by atoms with Gasteiger partial charge in [-0.05, 0) is 43.7 Å². The van der Waals surface area contributed by atoms with Crippen molar-refractivity contribution < 1.29 is 13.2 Å². The lowest BCUT2D eigenvalue weighted by atomic mass is 10.1. The highest BCUT2D eigenvalue weighted by Gasteiger charge is 2.33. The number of alkyl halides is 3. The molecular formula is C23H19BrF3N5. The molecule has 0 aliphatic heterocycles. The van der Waals surface area contributed by atoms with E-state index in [-0.39, 0.29) is 16.9 Å². The Morgan fingerprint density at radius 2 is 1.81 bits per heavy atom. The predicted octanol–water partition coefficient (Wildman–Crippen LogP) is 5.91. The Morgan fingerprint density at radius 3 is 2.50 bits per heavy atom. The molecule has 2 N–H and O–H groups in total. The number of hydrogen-bond donors (Lipinski definition) is 1. The molecule has 0 saturated carbocycles. The van der Waals surface area contributed by atoms with E-state index < -0.39 is 11.9 Å². The highest BCUT2D eigenvalue weighted by atomic mass is 79.9. The van der Waals surface area contributed by atoms with Gasteiger partial charge in [0.05, 0.1) is 23.4 Å². The first kappa shape index (κ1) is 22.0. The summed E-state index contributed by atoms with van der Waals surface area (Å²) < 4.78 is 42.8. The molecule has 2 heterocycles. The van der Waals surface area contributed by atoms with Crippen molar-refractivity contribution >= 4 is 38.4 Å². The average molecular weight is 502 g/mol. The maximum absolute atomic E-state index is 13.4. The van der Waals surface area contributed by atoms with Gasteiger partial charge in [-0.1, -0.05) is 46.3 Å². The van der Waals surface area contributed by atoms with Crippen molar-refractivity contribution in [3.05, 3.63) is 87.3 Å². The van der Waals surface area contributed by atoms with Gasteiger partial charge in [0.25, 0.3) is 0 Å². The summed E-state index contributed by atoms with van der Waals surface area (Å²) in [4.78, 5) is 8.25. The molecule has 0 atom stereocenters. The zero-order valence-corrected chi connectivity index (χ0v) is 18.9. The van der Waals surface area contributed by atoms with Crippen LogP contribution in [0.15, 0.2) is 64.1 Å². The van der Waals surface area contributed by atoms with Crippen LogP contribution in [0.1, 0.15) is 28.2 Å². The largest absolute Gasteiger partial charge is 0.433 e. The summed E-state index contributed by atoms with van der Waals surface area (Å²) in [6.45, 7) is 4.20. The van der Waals surface area contributed by atoms with Crippen molar-refractivity contribution in [2.24, 2.45) is 10.7 Å². The van der Waals surface area contributed by atoms with Crippen LogP contribution in [-0.2, 0) is 12.7 Å². The van der Waals surface area contributed by atoms with Crippen LogP contribution in [0.5, 0.6) is 0 Å². The molecule has 9 heteroatoms. The lowest BCUT2D eigenvalue weighted by Gasteiger charge is -2.12. The third-order valence-electron chi connectivity index (χ3n) is 5.09. The van der Waals surface area contributed by atoms with Gasteiger partial charge in [0, 0.05) is 15.4 Å². The highest BCUT2D eigenvalue weighted by Crippen LogP contribution is 2.33. The smallest absolute Gasteiger partial charge is 0.383 e. The van der Waals surface area contributed by atoms with Crippen LogP contribution in [0.2, 0.25) is 0 Å². The second kappa shape index (κ2) is 8.38. The molecule has 0 bridgehead atoms. The minimum Gasteiger partial charge on any atom is -0.383 e. The van der Waals surface area contributed by atoms with Crippen LogP contribution in [0.25, 0.3) is 10.9 Å². The first-order valence-electron chi connectivity index (χ1n) is 9.73. The van der Waals surface area contributed by atoms with Gasteiger partial charge in [0.1, 0.15) is 17.2 Å². The van der Waals surface area contributed by atoms with Gasteiger partial charge in [-0.2, -0.15) is 18.3 Å². The third kappa shape index (κ3) is 4.38. The van der Waals surface area contributed by atoms with E-state index in [9.17, 15) is 13.2 Å². The van der Waals surface area contributed by atoms with Gasteiger partial charge in [-0.25, -0.2) is 9.98 Å². The number of halogens is 4. The zero-order chi connectivity index (χ0) is 23.0. The second-order valence-corrected chi connectivity index (χ2v) is 8.29. The minimum absolute atomic E-state index is 0.0357. The molecule has 164 valence electrons. The molecular weight excluding hydrogens is 483 g/mol. The Labute approximate surface area is 190 Å². The first-order valence-corrected chi connectivity index (χ1v) is 10.5. The van der Waals surface area contributed by atoms with E-state index in [0.717, 1.165) is 17.3 Å². The van der Waals surface area contributed by atoms with Gasteiger partial charge in [0.2, 0.25) is 0 Å². The maximum Gasteiger partial charge on any atom is 0.433 e. The number of fused-ring (bicyclic) bond motifs is 1. The van der Waals surface area contributed by atoms with Gasteiger partial charge in [-0.3, -0.25) is 4.68 Å². The normalized spacial score (nSPS) is 12.5. The molecule has 0 fully saturated rings. The molecule has 0 aliphatic rings. The summed E-state index contributed by atoms with van der Waals surface area (Å²) >= 11 is 3.35. The molecule has 0 radical (unpaired) electrons. The molecule has 2 aromatic carbocycles. The van der Waals surface area contributed by atoms with E-state index in [2.05, 4.69) is 31.0 Å². The molecule has 2 aromatic heterocycles. The second-order valence-electron chi connectivity index (χ2n) is 7.37. The highest BCUT2D eigenvalue weighted by molar-refractivity contribution is 9.10. The predicted molar refractivity (Wildman–Crippen MR) is 122 cm³/mol. The van der Waals surface area contributed by atoms with E-state index in [1.807, 2.05) is 37.3 Å². The van der Waals surface area contributed by atoms with Crippen molar-refractivity contribution in [1.29, 1.82) is 0 Å². The molecule has 0 unspecified atom stereocenters. The van der Waals surface area contributed by atoms with Crippen molar-refractivity contribution in [1.82, 2.24) is 14.8 Å². The number of aromatic nitrogens is 3. The van der Waals surface area contributed by atoms with E-state index in [0.29, 0.717) is 27.8 Å². The fourth-order valence-electron chi connectivity index (χ4n) is 3.50. The molecule has 0 amide bonds. The number of rotatable bonds is 4. The van der Waals surface area contributed by atoms with Gasteiger partial charge < -0.3 is 5.73 Å². The fraction of sp³-hybridized carbons (Fsp3) is 0.174. The number of nitrogens with two attached hydrogens (primary N) is 1. The van der Waals surface area contributed by atoms with Crippen LogP contribution in [-0.4, -0.2) is 20.6 Å². The SMILES string of the molecule is Cc1nn(Cc2ccccc2)c(C)c1N=C(N)c1cc(C(F)(F)F)nc2ccc(Br)cc12. The summed E-state index contributed by atoms with van der Waals surface area (Å²) in [7, 11) is 0. The Hall–Kier alpha value is -3.20. The zero-order valence-electron chi connectivity index (χ0n) is 17.3. The molecule has 5 nitrogen and oxygen atoms in total. The maximum atomic E-state index is 13.4. The molecule has 0 aliphatic carbocycles. The van der Waals surface area contributed by atoms with Gasteiger partial charge in [0.15, 0.2) is 0 Å². The lowest BCUT2D eigenvalue weighted by molar-refractivity contribution is -0.140. The van der Waals surface area contributed by atoms with Crippen molar-refractivity contribution in [3.8, 4) is 0 Å². The van der Waals surface area contributed by atoms with Crippen molar-refractivity contribution in [2.45, 2.75) is 26.6 Å². The van der Waals surface area contributed by atoms with Crippen molar-refractivity contribution in [3.63, 3.8) is 0 Å². The number of pyridine rings is 1. The molecule has 32 heavy (non-hydrogen) atoms. The summed E-state index contributed by atoms with van der Waals surface area (Å²) in [5.41, 5.74) is 8.60. The molecule has 0 spiro atoms. The molecule has 4 rings (SSSR count). The van der Waals surface area contributed by atoms with Crippen LogP contribution in [0.3, 0.4) is 0 Å². The topological polar surface area (TPSA) is 69.1 Å². The summed E-state index contributed by atoms with van der Waals surface area (Å²) in [5.74, 6) is -0.0357. The average Bonchev–Trinajstić information content (AvgIpc) is 3.00. The number of hydrogen-bond acceptors (Lipinski definition) is 3. The fourth-order valence-corrected chi connectivity index (χ4v) is 3.86. The quantitative estimate of drug-likeness (QED) is 0.279. The Bertz CT molecular complexity index is 1330. The Morgan fingerprint density at radius 1 is 1.09 bits per heavy atom. The van der Waals surface area contributed by atoms with Gasteiger partial charge >= 0.3 is 6.18 Å². The van der Waals surface area contributed by atoms with Crippen LogP contribution in [0.4, 0.5) is 18.9 Å². The summed E-state index contributed by atoms with van der Waals surface area (Å²) in [6.07, 6.45) is -4.61. The van der Waals surface area contributed by atoms with E-state index in [1.54, 1.807) is 23.7 Å². The van der Waals surface area contributed by atoms with E-state index in [4.69, 9.17) is 5.73 Å². The number of benzene rings is 2. The standard InChI is InChI=1S/C23H19BrF3N5/c1-13-21(14(2)32(31-13)12-15-6-4-3-5-7-15)30-22(28)18-11-20(23(25,26)27)29-19-9-8-16(24)10-17(18)19/h3-11H,12H2,1-2H3,(H2,28,30). The van der Waals surface area contributed by atoms with Crippen molar-refractivity contribution in [2.75, 3.05) is 0 Å². The lowest BCUT2D eigenvalue weighted by Crippen LogP contribution is -2.17. The number of amidine groups is 1. The number of aryl methyl sites for hydroxylation is 1. The molecule has 0 saturated heterocycles. The monoisotopic (exact) mass is 501 g/mol. The summed E-state index contributed by atoms with van der Waals surface area (Å²) in [6, 6.07) is 15.6. The number of nitrogens with zero attached hydrogens (tertiary/aromatic N) is 4.